The van der Waals surface area contributed by atoms with Crippen molar-refractivity contribution in [3.8, 4) is 11.3 Å². The Morgan fingerprint density at radius 1 is 1.22 bits per heavy atom. The number of aromatic nitrogens is 1. The highest BCUT2D eigenvalue weighted by Crippen LogP contribution is 2.28. The number of anilines is 1. The van der Waals surface area contributed by atoms with Gasteiger partial charge in [0, 0.05) is 16.6 Å². The lowest BCUT2D eigenvalue weighted by Crippen LogP contribution is -2.52. The Morgan fingerprint density at radius 2 is 1.87 bits per heavy atom. The Balaban J connectivity index is 0.00000192. The minimum atomic E-state index is -0.705. The highest BCUT2D eigenvalue weighted by Gasteiger charge is 2.35. The number of amides is 1. The largest absolute Gasteiger partial charge is 0.324 e. The standard InChI is InChI=1S/C17H21N3OS.ClH/c1-12-19-15(11-22-12)13-5-7-14(8-6-13)20-16(21)17(18)9-3-2-4-10-17;/h5-8,11H,2-4,9-10,18H2,1H3,(H,20,21);1H. The summed E-state index contributed by atoms with van der Waals surface area (Å²) in [6.07, 6.45) is 4.79. The van der Waals surface area contributed by atoms with Gasteiger partial charge in [0.15, 0.2) is 0 Å². The fourth-order valence-electron chi connectivity index (χ4n) is 2.89. The van der Waals surface area contributed by atoms with E-state index in [0.717, 1.165) is 47.6 Å². The van der Waals surface area contributed by atoms with E-state index in [1.54, 1.807) is 11.3 Å². The molecule has 124 valence electrons. The van der Waals surface area contributed by atoms with Crippen LogP contribution in [0.2, 0.25) is 0 Å². The van der Waals surface area contributed by atoms with Crippen LogP contribution in [0.15, 0.2) is 29.6 Å². The first-order valence-corrected chi connectivity index (χ1v) is 8.58. The second-order valence-electron chi connectivity index (χ2n) is 6.00. The maximum atomic E-state index is 12.4. The molecule has 1 amide bonds. The summed E-state index contributed by atoms with van der Waals surface area (Å²) in [4.78, 5) is 16.9. The van der Waals surface area contributed by atoms with E-state index >= 15 is 0 Å². The van der Waals surface area contributed by atoms with Crippen LogP contribution in [0.5, 0.6) is 0 Å². The Kier molecular flexibility index (Phi) is 5.79. The Labute approximate surface area is 146 Å². The Bertz CT molecular complexity index is 663. The van der Waals surface area contributed by atoms with Gasteiger partial charge < -0.3 is 11.1 Å². The fraction of sp³-hybridized carbons (Fsp3) is 0.412. The minimum Gasteiger partial charge on any atom is -0.324 e. The summed E-state index contributed by atoms with van der Waals surface area (Å²) in [5, 5.41) is 6.05. The number of nitrogens with one attached hydrogen (secondary N) is 1. The molecule has 3 rings (SSSR count). The van der Waals surface area contributed by atoms with E-state index in [2.05, 4.69) is 10.3 Å². The quantitative estimate of drug-likeness (QED) is 0.873. The minimum absolute atomic E-state index is 0. The lowest BCUT2D eigenvalue weighted by atomic mass is 9.82. The van der Waals surface area contributed by atoms with Crippen LogP contribution in [-0.2, 0) is 4.79 Å². The van der Waals surface area contributed by atoms with Crippen LogP contribution in [0.25, 0.3) is 11.3 Å². The van der Waals surface area contributed by atoms with Gasteiger partial charge in [0.2, 0.25) is 5.91 Å². The smallest absolute Gasteiger partial charge is 0.244 e. The molecule has 0 radical (unpaired) electrons. The van der Waals surface area contributed by atoms with Crippen molar-refractivity contribution in [1.82, 2.24) is 4.98 Å². The van der Waals surface area contributed by atoms with Crippen LogP contribution in [0.1, 0.15) is 37.1 Å². The third kappa shape index (κ3) is 4.10. The second kappa shape index (κ2) is 7.43. The number of carbonyl (C=O) groups excluding carboxylic acids is 1. The summed E-state index contributed by atoms with van der Waals surface area (Å²) in [7, 11) is 0. The average molecular weight is 352 g/mol. The normalized spacial score (nSPS) is 16.4. The van der Waals surface area contributed by atoms with E-state index in [4.69, 9.17) is 5.73 Å². The first-order valence-electron chi connectivity index (χ1n) is 7.70. The Morgan fingerprint density at radius 3 is 2.43 bits per heavy atom. The molecule has 0 aliphatic heterocycles. The van der Waals surface area contributed by atoms with Crippen molar-refractivity contribution in [3.63, 3.8) is 0 Å². The van der Waals surface area contributed by atoms with Gasteiger partial charge in [-0.2, -0.15) is 0 Å². The molecule has 2 aromatic rings. The van der Waals surface area contributed by atoms with Crippen molar-refractivity contribution in [1.29, 1.82) is 0 Å². The molecule has 1 aromatic heterocycles. The molecule has 1 aliphatic carbocycles. The molecule has 4 nitrogen and oxygen atoms in total. The zero-order valence-electron chi connectivity index (χ0n) is 13.2. The number of thiazole rings is 1. The summed E-state index contributed by atoms with van der Waals surface area (Å²) >= 11 is 1.63. The maximum Gasteiger partial charge on any atom is 0.244 e. The number of halogens is 1. The van der Waals surface area contributed by atoms with Gasteiger partial charge >= 0.3 is 0 Å². The van der Waals surface area contributed by atoms with E-state index in [1.807, 2.05) is 36.6 Å². The van der Waals surface area contributed by atoms with Gasteiger partial charge in [-0.1, -0.05) is 31.4 Å². The summed E-state index contributed by atoms with van der Waals surface area (Å²) in [5.74, 6) is -0.0653. The number of carbonyl (C=O) groups is 1. The van der Waals surface area contributed by atoms with Gasteiger partial charge in [-0.15, -0.1) is 23.7 Å². The van der Waals surface area contributed by atoms with E-state index in [-0.39, 0.29) is 18.3 Å². The molecule has 0 bridgehead atoms. The highest BCUT2D eigenvalue weighted by atomic mass is 35.5. The lowest BCUT2D eigenvalue weighted by Gasteiger charge is -2.31. The van der Waals surface area contributed by atoms with E-state index < -0.39 is 5.54 Å². The molecule has 0 unspecified atom stereocenters. The third-order valence-electron chi connectivity index (χ3n) is 4.26. The number of hydrogen-bond donors (Lipinski definition) is 2. The van der Waals surface area contributed by atoms with Crippen molar-refractivity contribution in [2.75, 3.05) is 5.32 Å². The number of rotatable bonds is 3. The highest BCUT2D eigenvalue weighted by molar-refractivity contribution is 7.09. The molecule has 0 saturated heterocycles. The van der Waals surface area contributed by atoms with Crippen LogP contribution >= 0.6 is 23.7 Å². The molecule has 1 heterocycles. The summed E-state index contributed by atoms with van der Waals surface area (Å²) in [6, 6.07) is 7.78. The van der Waals surface area contributed by atoms with Gasteiger partial charge in [-0.25, -0.2) is 4.98 Å². The zero-order valence-corrected chi connectivity index (χ0v) is 14.8. The van der Waals surface area contributed by atoms with Crippen LogP contribution in [0.3, 0.4) is 0 Å². The van der Waals surface area contributed by atoms with Gasteiger partial charge in [0.05, 0.1) is 16.2 Å². The number of benzene rings is 1. The van der Waals surface area contributed by atoms with Crippen LogP contribution < -0.4 is 11.1 Å². The topological polar surface area (TPSA) is 68.0 Å². The second-order valence-corrected chi connectivity index (χ2v) is 7.06. The molecular formula is C17H22ClN3OS. The molecule has 1 aromatic carbocycles. The molecule has 1 fully saturated rings. The van der Waals surface area contributed by atoms with Crippen molar-refractivity contribution in [2.24, 2.45) is 5.73 Å². The average Bonchev–Trinajstić information content (AvgIpc) is 2.95. The van der Waals surface area contributed by atoms with Crippen LogP contribution in [0.4, 0.5) is 5.69 Å². The molecule has 3 N–H and O–H groups in total. The first-order chi connectivity index (χ1) is 10.6. The van der Waals surface area contributed by atoms with Gasteiger partial charge in [-0.05, 0) is 31.9 Å². The fourth-order valence-corrected chi connectivity index (χ4v) is 3.51. The van der Waals surface area contributed by atoms with E-state index in [9.17, 15) is 4.79 Å². The van der Waals surface area contributed by atoms with Crippen molar-refractivity contribution in [3.05, 3.63) is 34.7 Å². The zero-order chi connectivity index (χ0) is 15.6. The number of aryl methyl sites for hydroxylation is 1. The van der Waals surface area contributed by atoms with Crippen molar-refractivity contribution < 1.29 is 4.79 Å². The van der Waals surface area contributed by atoms with Gasteiger partial charge in [-0.3, -0.25) is 4.79 Å². The van der Waals surface area contributed by atoms with Crippen LogP contribution in [0, 0.1) is 6.92 Å². The molecule has 0 spiro atoms. The molecule has 1 aliphatic rings. The van der Waals surface area contributed by atoms with Crippen molar-refractivity contribution in [2.45, 2.75) is 44.6 Å². The van der Waals surface area contributed by atoms with Gasteiger partial charge in [0.1, 0.15) is 0 Å². The predicted octanol–water partition coefficient (Wildman–Crippen LogP) is 4.14. The molecular weight excluding hydrogens is 330 g/mol. The number of nitrogens with zero attached hydrogens (tertiary/aromatic N) is 1. The molecule has 6 heteroatoms. The number of hydrogen-bond acceptors (Lipinski definition) is 4. The predicted molar refractivity (Wildman–Crippen MR) is 98.2 cm³/mol. The SMILES string of the molecule is Cc1nc(-c2ccc(NC(=O)C3(N)CCCCC3)cc2)cs1.Cl. The van der Waals surface area contributed by atoms with E-state index in [0.29, 0.717) is 0 Å². The monoisotopic (exact) mass is 351 g/mol. The Hall–Kier alpha value is -1.43. The van der Waals surface area contributed by atoms with Crippen LogP contribution in [-0.4, -0.2) is 16.4 Å². The maximum absolute atomic E-state index is 12.4. The van der Waals surface area contributed by atoms with Crippen molar-refractivity contribution >= 4 is 35.3 Å². The first kappa shape index (κ1) is 17.9. The molecule has 0 atom stereocenters. The molecule has 23 heavy (non-hydrogen) atoms. The van der Waals surface area contributed by atoms with Gasteiger partial charge in [0.25, 0.3) is 0 Å². The number of nitrogens with two attached hydrogens (primary N) is 1. The summed E-state index contributed by atoms with van der Waals surface area (Å²) in [5.41, 5.74) is 8.37. The summed E-state index contributed by atoms with van der Waals surface area (Å²) in [6.45, 7) is 1.99. The lowest BCUT2D eigenvalue weighted by molar-refractivity contribution is -0.122. The summed E-state index contributed by atoms with van der Waals surface area (Å²) < 4.78 is 0. The third-order valence-corrected chi connectivity index (χ3v) is 5.03. The van der Waals surface area contributed by atoms with E-state index in [1.165, 1.54) is 6.42 Å². The molecule has 1 saturated carbocycles.